The Morgan fingerprint density at radius 2 is 1.95 bits per heavy atom. The van der Waals surface area contributed by atoms with E-state index in [0.29, 0.717) is 17.3 Å². The standard InChI is InChI=1S/C14H13N5OS/c1-20-10-6-4-9(5-7-10)12-14(17-15)16-13(19-18-12)11-3-2-8-21-11/h2-8H,15H2,1H3,(H,16,17,19). The molecule has 106 valence electrons. The third-order valence-corrected chi connectivity index (χ3v) is 3.79. The van der Waals surface area contributed by atoms with Gasteiger partial charge in [-0.3, -0.25) is 0 Å². The van der Waals surface area contributed by atoms with Crippen molar-refractivity contribution < 1.29 is 4.74 Å². The highest BCUT2D eigenvalue weighted by molar-refractivity contribution is 7.13. The quantitative estimate of drug-likeness (QED) is 0.569. The van der Waals surface area contributed by atoms with Gasteiger partial charge in [0.25, 0.3) is 0 Å². The van der Waals surface area contributed by atoms with E-state index in [1.807, 2.05) is 41.8 Å². The van der Waals surface area contributed by atoms with Gasteiger partial charge in [0.1, 0.15) is 11.4 Å². The number of ether oxygens (including phenoxy) is 1. The number of hydrogen-bond donors (Lipinski definition) is 2. The fourth-order valence-corrected chi connectivity index (χ4v) is 2.53. The monoisotopic (exact) mass is 299 g/mol. The minimum atomic E-state index is 0.485. The first kappa shape index (κ1) is 13.5. The van der Waals surface area contributed by atoms with Crippen molar-refractivity contribution >= 4 is 17.2 Å². The van der Waals surface area contributed by atoms with Crippen LogP contribution in [-0.2, 0) is 0 Å². The first-order valence-corrected chi connectivity index (χ1v) is 7.09. The predicted octanol–water partition coefficient (Wildman–Crippen LogP) is 2.56. The summed E-state index contributed by atoms with van der Waals surface area (Å²) in [5.41, 5.74) is 4.04. The normalized spacial score (nSPS) is 10.4. The van der Waals surface area contributed by atoms with Gasteiger partial charge in [0.15, 0.2) is 11.6 Å². The summed E-state index contributed by atoms with van der Waals surface area (Å²) in [6.45, 7) is 0. The van der Waals surface area contributed by atoms with Crippen LogP contribution in [0.1, 0.15) is 0 Å². The van der Waals surface area contributed by atoms with Gasteiger partial charge in [-0.2, -0.15) is 0 Å². The van der Waals surface area contributed by atoms with Crippen LogP contribution in [0.25, 0.3) is 22.0 Å². The molecule has 6 nitrogen and oxygen atoms in total. The molecule has 0 saturated heterocycles. The third kappa shape index (κ3) is 2.69. The smallest absolute Gasteiger partial charge is 0.193 e. The van der Waals surface area contributed by atoms with Crippen molar-refractivity contribution in [3.05, 3.63) is 41.8 Å². The second kappa shape index (κ2) is 5.86. The van der Waals surface area contributed by atoms with E-state index < -0.39 is 0 Å². The number of methoxy groups -OCH3 is 1. The highest BCUT2D eigenvalue weighted by atomic mass is 32.1. The highest BCUT2D eigenvalue weighted by Crippen LogP contribution is 2.28. The molecular formula is C14H13N5OS. The number of anilines is 1. The van der Waals surface area contributed by atoms with Crippen LogP contribution in [0.2, 0.25) is 0 Å². The van der Waals surface area contributed by atoms with Crippen molar-refractivity contribution in [2.45, 2.75) is 0 Å². The average molecular weight is 299 g/mol. The number of hydrogen-bond acceptors (Lipinski definition) is 7. The summed E-state index contributed by atoms with van der Waals surface area (Å²) in [4.78, 5) is 5.37. The maximum absolute atomic E-state index is 5.56. The van der Waals surface area contributed by atoms with Crippen LogP contribution < -0.4 is 16.0 Å². The number of nitrogens with one attached hydrogen (secondary N) is 1. The Morgan fingerprint density at radius 1 is 1.14 bits per heavy atom. The van der Waals surface area contributed by atoms with Crippen molar-refractivity contribution in [2.75, 3.05) is 12.5 Å². The molecule has 0 aliphatic carbocycles. The Kier molecular flexibility index (Phi) is 3.76. The maximum Gasteiger partial charge on any atom is 0.193 e. The van der Waals surface area contributed by atoms with Gasteiger partial charge in [-0.15, -0.1) is 21.5 Å². The van der Waals surface area contributed by atoms with E-state index in [0.717, 1.165) is 16.2 Å². The summed E-state index contributed by atoms with van der Waals surface area (Å²) in [6.07, 6.45) is 0. The molecule has 7 heteroatoms. The van der Waals surface area contributed by atoms with Gasteiger partial charge in [-0.1, -0.05) is 6.07 Å². The van der Waals surface area contributed by atoms with Crippen molar-refractivity contribution in [1.82, 2.24) is 15.2 Å². The maximum atomic E-state index is 5.56. The van der Waals surface area contributed by atoms with Crippen LogP contribution in [0.3, 0.4) is 0 Å². The van der Waals surface area contributed by atoms with Gasteiger partial charge in [-0.25, -0.2) is 10.8 Å². The fourth-order valence-electron chi connectivity index (χ4n) is 1.88. The lowest BCUT2D eigenvalue weighted by molar-refractivity contribution is 0.415. The molecule has 0 fully saturated rings. The van der Waals surface area contributed by atoms with Crippen LogP contribution in [0.5, 0.6) is 5.75 Å². The molecule has 1 aromatic carbocycles. The molecule has 0 radical (unpaired) electrons. The topological polar surface area (TPSA) is 86.0 Å². The van der Waals surface area contributed by atoms with Crippen LogP contribution in [-0.4, -0.2) is 22.3 Å². The molecule has 2 heterocycles. The van der Waals surface area contributed by atoms with Crippen LogP contribution in [0.4, 0.5) is 5.82 Å². The first-order chi connectivity index (χ1) is 10.3. The molecule has 0 amide bonds. The Bertz CT molecular complexity index is 728. The molecule has 3 rings (SSSR count). The molecule has 21 heavy (non-hydrogen) atoms. The minimum Gasteiger partial charge on any atom is -0.497 e. The van der Waals surface area contributed by atoms with E-state index >= 15 is 0 Å². The van der Waals surface area contributed by atoms with Crippen molar-refractivity contribution in [3.63, 3.8) is 0 Å². The van der Waals surface area contributed by atoms with E-state index in [1.54, 1.807) is 18.4 Å². The highest BCUT2D eigenvalue weighted by Gasteiger charge is 2.12. The number of nitrogen functional groups attached to an aromatic ring is 1. The Hall–Kier alpha value is -2.51. The van der Waals surface area contributed by atoms with Crippen molar-refractivity contribution in [3.8, 4) is 27.7 Å². The van der Waals surface area contributed by atoms with E-state index in [-0.39, 0.29) is 0 Å². The molecule has 2 aromatic heterocycles. The minimum absolute atomic E-state index is 0.485. The lowest BCUT2D eigenvalue weighted by Gasteiger charge is -2.08. The molecule has 0 aliphatic rings. The molecule has 3 aromatic rings. The summed E-state index contributed by atoms with van der Waals surface area (Å²) in [5.74, 6) is 7.38. The zero-order valence-electron chi connectivity index (χ0n) is 11.3. The molecule has 0 atom stereocenters. The van der Waals surface area contributed by atoms with E-state index in [2.05, 4.69) is 20.6 Å². The van der Waals surface area contributed by atoms with Gasteiger partial charge in [0.05, 0.1) is 12.0 Å². The fraction of sp³-hybridized carbons (Fsp3) is 0.0714. The Morgan fingerprint density at radius 3 is 2.57 bits per heavy atom. The largest absolute Gasteiger partial charge is 0.497 e. The molecule has 0 spiro atoms. The van der Waals surface area contributed by atoms with Crippen molar-refractivity contribution in [1.29, 1.82) is 0 Å². The van der Waals surface area contributed by atoms with Gasteiger partial charge in [-0.05, 0) is 35.7 Å². The van der Waals surface area contributed by atoms with Gasteiger partial charge >= 0.3 is 0 Å². The zero-order valence-corrected chi connectivity index (χ0v) is 12.1. The number of benzene rings is 1. The summed E-state index contributed by atoms with van der Waals surface area (Å²) in [6, 6.07) is 11.4. The van der Waals surface area contributed by atoms with Gasteiger partial charge in [0.2, 0.25) is 0 Å². The second-order valence-corrected chi connectivity index (χ2v) is 5.13. The van der Waals surface area contributed by atoms with E-state index in [9.17, 15) is 0 Å². The first-order valence-electron chi connectivity index (χ1n) is 6.21. The second-order valence-electron chi connectivity index (χ2n) is 4.18. The number of rotatable bonds is 4. The lowest BCUT2D eigenvalue weighted by Crippen LogP contribution is -2.12. The van der Waals surface area contributed by atoms with Gasteiger partial charge in [0, 0.05) is 5.56 Å². The zero-order chi connectivity index (χ0) is 14.7. The number of nitrogens with zero attached hydrogens (tertiary/aromatic N) is 3. The van der Waals surface area contributed by atoms with E-state index in [1.165, 1.54) is 0 Å². The molecule has 0 bridgehead atoms. The average Bonchev–Trinajstić information content (AvgIpc) is 3.09. The van der Waals surface area contributed by atoms with E-state index in [4.69, 9.17) is 10.6 Å². The number of nitrogens with two attached hydrogens (primary N) is 1. The molecule has 0 unspecified atom stereocenters. The summed E-state index contributed by atoms with van der Waals surface area (Å²) in [7, 11) is 1.62. The molecular weight excluding hydrogens is 286 g/mol. The molecule has 3 N–H and O–H groups in total. The Balaban J connectivity index is 2.02. The van der Waals surface area contributed by atoms with Gasteiger partial charge < -0.3 is 10.2 Å². The SMILES string of the molecule is COc1ccc(-c2nnc(-c3cccs3)nc2NN)cc1. The van der Waals surface area contributed by atoms with Crippen LogP contribution in [0, 0.1) is 0 Å². The Labute approximate surface area is 125 Å². The number of hydrazine groups is 1. The summed E-state index contributed by atoms with van der Waals surface area (Å²) < 4.78 is 5.14. The van der Waals surface area contributed by atoms with Crippen LogP contribution >= 0.6 is 11.3 Å². The third-order valence-electron chi connectivity index (χ3n) is 2.93. The molecule has 0 saturated carbocycles. The lowest BCUT2D eigenvalue weighted by atomic mass is 10.1. The molecule has 0 aliphatic heterocycles. The van der Waals surface area contributed by atoms with Crippen molar-refractivity contribution in [2.24, 2.45) is 5.84 Å². The number of thiophene rings is 1. The van der Waals surface area contributed by atoms with Crippen LogP contribution in [0.15, 0.2) is 41.8 Å². The number of aromatic nitrogens is 3. The summed E-state index contributed by atoms with van der Waals surface area (Å²) in [5, 5.41) is 10.4. The summed E-state index contributed by atoms with van der Waals surface area (Å²) >= 11 is 1.55. The predicted molar refractivity (Wildman–Crippen MR) is 82.9 cm³/mol.